The second-order valence-corrected chi connectivity index (χ2v) is 4.47. The predicted octanol–water partition coefficient (Wildman–Crippen LogP) is 3.59. The molecule has 0 aliphatic carbocycles. The molecule has 0 fully saturated rings. The van der Waals surface area contributed by atoms with Gasteiger partial charge in [0.1, 0.15) is 11.4 Å². The Balaban J connectivity index is 2.71. The molecule has 108 valence electrons. The van der Waals surface area contributed by atoms with Gasteiger partial charge in [-0.3, -0.25) is 0 Å². The lowest BCUT2D eigenvalue weighted by Gasteiger charge is -2.23. The van der Waals surface area contributed by atoms with E-state index in [4.69, 9.17) is 5.73 Å². The molecule has 1 unspecified atom stereocenters. The fraction of sp³-hybridized carbons (Fsp3) is 0.538. The Morgan fingerprint density at radius 2 is 1.68 bits per heavy atom. The quantitative estimate of drug-likeness (QED) is 0.808. The molecule has 0 saturated heterocycles. The summed E-state index contributed by atoms with van der Waals surface area (Å²) in [6.07, 6.45) is -3.65. The van der Waals surface area contributed by atoms with E-state index in [1.807, 2.05) is 6.92 Å². The van der Waals surface area contributed by atoms with Gasteiger partial charge in [0.25, 0.3) is 0 Å². The molecule has 0 radical (unpaired) electrons. The second kappa shape index (κ2) is 6.23. The van der Waals surface area contributed by atoms with E-state index >= 15 is 0 Å². The van der Waals surface area contributed by atoms with E-state index in [1.165, 1.54) is 24.3 Å². The van der Waals surface area contributed by atoms with E-state index in [0.29, 0.717) is 18.4 Å². The van der Waals surface area contributed by atoms with Crippen LogP contribution in [0.25, 0.3) is 0 Å². The summed E-state index contributed by atoms with van der Waals surface area (Å²) in [5.41, 5.74) is 4.49. The molecule has 0 aliphatic heterocycles. The van der Waals surface area contributed by atoms with Gasteiger partial charge in [0.15, 0.2) is 0 Å². The Hall–Kier alpha value is -1.30. The van der Waals surface area contributed by atoms with Gasteiger partial charge in [-0.05, 0) is 24.1 Å². The second-order valence-electron chi connectivity index (χ2n) is 4.47. The first kappa shape index (κ1) is 15.8. The summed E-state index contributed by atoms with van der Waals surface area (Å²) in [4.78, 5) is 0. The van der Waals surface area contributed by atoms with Gasteiger partial charge >= 0.3 is 6.36 Å². The van der Waals surface area contributed by atoms with Gasteiger partial charge in [0, 0.05) is 13.0 Å². The minimum absolute atomic E-state index is 0.0869. The smallest absolute Gasteiger partial charge is 0.406 e. The molecule has 0 saturated carbocycles. The Kier molecular flexibility index (Phi) is 5.17. The molecule has 2 N–H and O–H groups in total. The maximum absolute atomic E-state index is 14.2. The summed E-state index contributed by atoms with van der Waals surface area (Å²) in [7, 11) is 0. The predicted molar refractivity (Wildman–Crippen MR) is 64.6 cm³/mol. The number of nitrogens with two attached hydrogens (primary N) is 1. The van der Waals surface area contributed by atoms with E-state index in [9.17, 15) is 17.6 Å². The summed E-state index contributed by atoms with van der Waals surface area (Å²) in [6, 6.07) is 5.18. The molecule has 19 heavy (non-hydrogen) atoms. The van der Waals surface area contributed by atoms with Gasteiger partial charge in [-0.15, -0.1) is 13.2 Å². The Bertz CT molecular complexity index is 391. The number of hydrogen-bond acceptors (Lipinski definition) is 2. The fourth-order valence-electron chi connectivity index (χ4n) is 1.89. The number of halogens is 4. The first-order chi connectivity index (χ1) is 8.78. The van der Waals surface area contributed by atoms with E-state index in [1.54, 1.807) is 0 Å². The molecular weight excluding hydrogens is 262 g/mol. The zero-order chi connectivity index (χ0) is 14.5. The fourth-order valence-corrected chi connectivity index (χ4v) is 1.89. The largest absolute Gasteiger partial charge is 0.573 e. The molecule has 1 rings (SSSR count). The summed E-state index contributed by atoms with van der Waals surface area (Å²) in [6.45, 7) is 1.74. The van der Waals surface area contributed by atoms with Crippen LogP contribution in [0.5, 0.6) is 5.75 Å². The van der Waals surface area contributed by atoms with Crippen LogP contribution in [-0.2, 0) is 6.42 Å². The van der Waals surface area contributed by atoms with Crippen LogP contribution in [-0.4, -0.2) is 18.6 Å². The average molecular weight is 279 g/mol. The van der Waals surface area contributed by atoms with Gasteiger partial charge in [0.05, 0.1) is 0 Å². The third-order valence-electron chi connectivity index (χ3n) is 2.74. The minimum Gasteiger partial charge on any atom is -0.406 e. The highest BCUT2D eigenvalue weighted by Gasteiger charge is 2.31. The highest BCUT2D eigenvalue weighted by molar-refractivity contribution is 5.28. The maximum atomic E-state index is 14.2. The van der Waals surface area contributed by atoms with Gasteiger partial charge < -0.3 is 10.5 Å². The van der Waals surface area contributed by atoms with Crippen LogP contribution in [0.3, 0.4) is 0 Å². The van der Waals surface area contributed by atoms with Crippen molar-refractivity contribution in [3.8, 4) is 5.75 Å². The SMILES string of the molecule is CCCC(F)(CN)Cc1ccc(OC(F)(F)F)cc1. The van der Waals surface area contributed by atoms with Gasteiger partial charge in [-0.1, -0.05) is 25.5 Å². The summed E-state index contributed by atoms with van der Waals surface area (Å²) in [5.74, 6) is -0.316. The van der Waals surface area contributed by atoms with Crippen LogP contribution < -0.4 is 10.5 Å². The minimum atomic E-state index is -4.72. The van der Waals surface area contributed by atoms with Crippen LogP contribution in [0.1, 0.15) is 25.3 Å². The van der Waals surface area contributed by atoms with Crippen molar-refractivity contribution < 1.29 is 22.3 Å². The maximum Gasteiger partial charge on any atom is 0.573 e. The van der Waals surface area contributed by atoms with Crippen molar-refractivity contribution >= 4 is 0 Å². The zero-order valence-corrected chi connectivity index (χ0v) is 10.6. The van der Waals surface area contributed by atoms with Crippen molar-refractivity contribution in [1.29, 1.82) is 0 Å². The van der Waals surface area contributed by atoms with Crippen LogP contribution in [0, 0.1) is 0 Å². The molecule has 0 amide bonds. The summed E-state index contributed by atoms with van der Waals surface area (Å²) < 4.78 is 53.9. The Morgan fingerprint density at radius 3 is 2.11 bits per heavy atom. The van der Waals surface area contributed by atoms with Crippen molar-refractivity contribution in [3.05, 3.63) is 29.8 Å². The molecule has 0 aliphatic rings. The van der Waals surface area contributed by atoms with Crippen molar-refractivity contribution in [2.45, 2.75) is 38.2 Å². The molecule has 1 aromatic rings. The molecule has 0 aromatic heterocycles. The van der Waals surface area contributed by atoms with E-state index in [2.05, 4.69) is 4.74 Å². The Labute approximate surface area is 109 Å². The standard InChI is InChI=1S/C13H17F4NO/c1-2-7-12(14,9-18)8-10-3-5-11(6-4-10)19-13(15,16)17/h3-6H,2,7-9,18H2,1H3. The van der Waals surface area contributed by atoms with Gasteiger partial charge in [-0.25, -0.2) is 4.39 Å². The highest BCUT2D eigenvalue weighted by Crippen LogP contribution is 2.26. The third kappa shape index (κ3) is 5.46. The lowest BCUT2D eigenvalue weighted by atomic mass is 9.92. The number of benzene rings is 1. The van der Waals surface area contributed by atoms with Crippen LogP contribution in [0.4, 0.5) is 17.6 Å². The number of alkyl halides is 4. The molecule has 6 heteroatoms. The van der Waals surface area contributed by atoms with Crippen molar-refractivity contribution in [1.82, 2.24) is 0 Å². The first-order valence-corrected chi connectivity index (χ1v) is 6.02. The normalized spacial score (nSPS) is 15.1. The van der Waals surface area contributed by atoms with Crippen LogP contribution in [0.15, 0.2) is 24.3 Å². The van der Waals surface area contributed by atoms with E-state index in [0.717, 1.165) is 0 Å². The average Bonchev–Trinajstić information content (AvgIpc) is 2.30. The summed E-state index contributed by atoms with van der Waals surface area (Å²) >= 11 is 0. The van der Waals surface area contributed by atoms with Crippen molar-refractivity contribution in [2.75, 3.05) is 6.54 Å². The number of rotatable bonds is 6. The van der Waals surface area contributed by atoms with Gasteiger partial charge in [-0.2, -0.15) is 0 Å². The van der Waals surface area contributed by atoms with Gasteiger partial charge in [0.2, 0.25) is 0 Å². The van der Waals surface area contributed by atoms with Crippen LogP contribution >= 0.6 is 0 Å². The molecule has 0 spiro atoms. The van der Waals surface area contributed by atoms with Crippen molar-refractivity contribution in [3.63, 3.8) is 0 Å². The molecular formula is C13H17F4NO. The van der Waals surface area contributed by atoms with E-state index < -0.39 is 12.0 Å². The lowest BCUT2D eigenvalue weighted by molar-refractivity contribution is -0.274. The molecule has 0 heterocycles. The summed E-state index contributed by atoms with van der Waals surface area (Å²) in [5, 5.41) is 0. The van der Waals surface area contributed by atoms with Crippen LogP contribution in [0.2, 0.25) is 0 Å². The molecule has 1 aromatic carbocycles. The van der Waals surface area contributed by atoms with E-state index in [-0.39, 0.29) is 18.7 Å². The number of hydrogen-bond donors (Lipinski definition) is 1. The zero-order valence-electron chi connectivity index (χ0n) is 10.6. The molecule has 1 atom stereocenters. The first-order valence-electron chi connectivity index (χ1n) is 6.02. The molecule has 2 nitrogen and oxygen atoms in total. The Morgan fingerprint density at radius 1 is 1.11 bits per heavy atom. The number of ether oxygens (including phenoxy) is 1. The third-order valence-corrected chi connectivity index (χ3v) is 2.74. The lowest BCUT2D eigenvalue weighted by Crippen LogP contribution is -2.35. The topological polar surface area (TPSA) is 35.2 Å². The van der Waals surface area contributed by atoms with Crippen molar-refractivity contribution in [2.24, 2.45) is 5.73 Å². The monoisotopic (exact) mass is 279 g/mol. The highest BCUT2D eigenvalue weighted by atomic mass is 19.4. The molecule has 0 bridgehead atoms.